The van der Waals surface area contributed by atoms with E-state index in [0.717, 1.165) is 26.8 Å². The fraction of sp³-hybridized carbons (Fsp3) is 0.176. The van der Waals surface area contributed by atoms with E-state index in [2.05, 4.69) is 5.32 Å². The predicted molar refractivity (Wildman–Crippen MR) is 95.8 cm³/mol. The van der Waals surface area contributed by atoms with Crippen molar-refractivity contribution in [3.63, 3.8) is 0 Å². The van der Waals surface area contributed by atoms with E-state index in [1.807, 2.05) is 54.6 Å². The maximum absolute atomic E-state index is 11.7. The van der Waals surface area contributed by atoms with Crippen molar-refractivity contribution in [1.29, 1.82) is 0 Å². The lowest BCUT2D eigenvalue weighted by Crippen LogP contribution is -2.18. The fourth-order valence-corrected chi connectivity index (χ4v) is 3.17. The van der Waals surface area contributed by atoms with Gasteiger partial charge in [0.2, 0.25) is 0 Å². The molecule has 2 rings (SSSR count). The van der Waals surface area contributed by atoms with E-state index in [4.69, 9.17) is 9.47 Å². The van der Waals surface area contributed by atoms with Crippen LogP contribution in [0.25, 0.3) is 0 Å². The number of nitrogens with one attached hydrogen (secondary N) is 1. The van der Waals surface area contributed by atoms with Gasteiger partial charge in [0, 0.05) is 22.7 Å². The van der Waals surface area contributed by atoms with E-state index in [1.165, 1.54) is 17.8 Å². The highest BCUT2D eigenvalue weighted by molar-refractivity contribution is 8.82. The average molecular weight is 363 g/mol. The third kappa shape index (κ3) is 6.55. The molecule has 24 heavy (non-hydrogen) atoms. The molecular formula is C17H17NO4S2. The molecule has 5 nitrogen and oxygen atoms in total. The van der Waals surface area contributed by atoms with Crippen LogP contribution in [0.5, 0.6) is 0 Å². The van der Waals surface area contributed by atoms with Crippen molar-refractivity contribution in [1.82, 2.24) is 5.32 Å². The smallest absolute Gasteiger partial charge is 0.407 e. The van der Waals surface area contributed by atoms with Crippen LogP contribution in [-0.2, 0) is 22.7 Å². The first-order chi connectivity index (χ1) is 11.7. The molecule has 0 bridgehead atoms. The second kappa shape index (κ2) is 9.89. The molecule has 2 aromatic carbocycles. The summed E-state index contributed by atoms with van der Waals surface area (Å²) >= 11 is 0. The Bertz CT molecular complexity index is 662. The largest absolute Gasteiger partial charge is 0.452 e. The number of amides is 1. The monoisotopic (exact) mass is 363 g/mol. The van der Waals surface area contributed by atoms with Crippen LogP contribution in [0.2, 0.25) is 0 Å². The van der Waals surface area contributed by atoms with Crippen LogP contribution in [0.1, 0.15) is 11.1 Å². The lowest BCUT2D eigenvalue weighted by Gasteiger charge is -2.06. The number of carbonyl (C=O) groups is 2. The van der Waals surface area contributed by atoms with Crippen molar-refractivity contribution in [2.24, 2.45) is 0 Å². The summed E-state index contributed by atoms with van der Waals surface area (Å²) in [5.41, 5.74) is 1.83. The molecule has 7 heteroatoms. The topological polar surface area (TPSA) is 64.6 Å². The molecule has 0 spiro atoms. The predicted octanol–water partition coefficient (Wildman–Crippen LogP) is 4.62. The van der Waals surface area contributed by atoms with Gasteiger partial charge >= 0.3 is 11.4 Å². The number of hydrogen-bond donors (Lipinski definition) is 1. The van der Waals surface area contributed by atoms with Gasteiger partial charge in [0.05, 0.1) is 0 Å². The summed E-state index contributed by atoms with van der Waals surface area (Å²) in [5, 5.41) is 2.05. The minimum Gasteiger partial charge on any atom is -0.452 e. The summed E-state index contributed by atoms with van der Waals surface area (Å²) < 4.78 is 10.1. The molecule has 1 N–H and O–H groups in total. The molecule has 0 aromatic heterocycles. The standard InChI is InChI=1S/C17H17NO4S2/c1-18-16(19)21-11-14-7-9-15(10-8-14)23-24-17(20)22-12-13-5-3-2-4-6-13/h2-10H,11-12H2,1H3,(H,18,19). The van der Waals surface area contributed by atoms with Crippen molar-refractivity contribution >= 4 is 33.0 Å². The van der Waals surface area contributed by atoms with Gasteiger partial charge in [-0.3, -0.25) is 0 Å². The van der Waals surface area contributed by atoms with Crippen LogP contribution in [0.4, 0.5) is 9.59 Å². The molecule has 126 valence electrons. The van der Waals surface area contributed by atoms with E-state index < -0.39 is 6.09 Å². The molecule has 0 saturated carbocycles. The number of carbonyl (C=O) groups excluding carboxylic acids is 2. The molecule has 0 saturated heterocycles. The molecule has 0 aliphatic heterocycles. The maximum atomic E-state index is 11.7. The van der Waals surface area contributed by atoms with Crippen molar-refractivity contribution in [2.45, 2.75) is 18.1 Å². The van der Waals surface area contributed by atoms with Crippen LogP contribution >= 0.6 is 21.6 Å². The van der Waals surface area contributed by atoms with Crippen LogP contribution in [-0.4, -0.2) is 18.4 Å². The zero-order valence-electron chi connectivity index (χ0n) is 13.1. The second-order valence-corrected chi connectivity index (χ2v) is 6.80. The average Bonchev–Trinajstić information content (AvgIpc) is 2.64. The Balaban J connectivity index is 1.71. The van der Waals surface area contributed by atoms with E-state index in [-0.39, 0.29) is 18.5 Å². The number of alkyl carbamates (subject to hydrolysis) is 1. The number of ether oxygens (including phenoxy) is 2. The summed E-state index contributed by atoms with van der Waals surface area (Å²) in [6, 6.07) is 17.0. The lowest BCUT2D eigenvalue weighted by molar-refractivity contribution is 0.142. The minimum absolute atomic E-state index is 0.205. The van der Waals surface area contributed by atoms with Gasteiger partial charge < -0.3 is 14.8 Å². The Hall–Kier alpha value is -2.12. The van der Waals surface area contributed by atoms with Gasteiger partial charge in [-0.2, -0.15) is 0 Å². The summed E-state index contributed by atoms with van der Waals surface area (Å²) in [6.07, 6.45) is -0.467. The van der Waals surface area contributed by atoms with Crippen LogP contribution in [0, 0.1) is 0 Å². The summed E-state index contributed by atoms with van der Waals surface area (Å²) in [4.78, 5) is 23.6. The van der Waals surface area contributed by atoms with Gasteiger partial charge in [-0.05, 0) is 34.1 Å². The molecule has 1 amide bonds. The fourth-order valence-electron chi connectivity index (χ4n) is 1.68. The molecule has 0 unspecified atom stereocenters. The van der Waals surface area contributed by atoms with Crippen molar-refractivity contribution in [3.05, 3.63) is 65.7 Å². The molecular weight excluding hydrogens is 346 g/mol. The Morgan fingerprint density at radius 1 is 0.917 bits per heavy atom. The second-order valence-electron chi connectivity index (χ2n) is 4.66. The zero-order valence-corrected chi connectivity index (χ0v) is 14.7. The number of benzene rings is 2. The van der Waals surface area contributed by atoms with Gasteiger partial charge in [0.1, 0.15) is 13.2 Å². The van der Waals surface area contributed by atoms with Crippen molar-refractivity contribution in [3.8, 4) is 0 Å². The highest BCUT2D eigenvalue weighted by Gasteiger charge is 2.07. The first-order valence-electron chi connectivity index (χ1n) is 7.16. The molecule has 0 heterocycles. The highest BCUT2D eigenvalue weighted by Crippen LogP contribution is 2.32. The van der Waals surface area contributed by atoms with E-state index in [0.29, 0.717) is 0 Å². The summed E-state index contributed by atoms with van der Waals surface area (Å²) in [6.45, 7) is 0.472. The molecule has 0 atom stereocenters. The van der Waals surface area contributed by atoms with Gasteiger partial charge in [0.25, 0.3) is 0 Å². The lowest BCUT2D eigenvalue weighted by atomic mass is 10.2. The molecule has 2 aromatic rings. The van der Waals surface area contributed by atoms with Crippen molar-refractivity contribution < 1.29 is 19.1 Å². The van der Waals surface area contributed by atoms with Gasteiger partial charge in [-0.15, -0.1) is 0 Å². The van der Waals surface area contributed by atoms with E-state index in [1.54, 1.807) is 0 Å². The summed E-state index contributed by atoms with van der Waals surface area (Å²) in [7, 11) is 3.87. The minimum atomic E-state index is -0.467. The number of hydrogen-bond acceptors (Lipinski definition) is 6. The Morgan fingerprint density at radius 2 is 1.54 bits per heavy atom. The van der Waals surface area contributed by atoms with Gasteiger partial charge in [0.15, 0.2) is 0 Å². The third-order valence-electron chi connectivity index (χ3n) is 2.90. The van der Waals surface area contributed by atoms with Crippen LogP contribution < -0.4 is 5.32 Å². The first-order valence-corrected chi connectivity index (χ1v) is 9.31. The Labute approximate surface area is 148 Å². The Kier molecular flexibility index (Phi) is 7.51. The van der Waals surface area contributed by atoms with Crippen molar-refractivity contribution in [2.75, 3.05) is 7.05 Å². The van der Waals surface area contributed by atoms with Crippen LogP contribution in [0.15, 0.2) is 59.5 Å². The normalized spacial score (nSPS) is 10.0. The molecule has 0 aliphatic rings. The number of rotatable bonds is 6. The molecule has 0 radical (unpaired) electrons. The highest BCUT2D eigenvalue weighted by atomic mass is 33.1. The molecule has 0 aliphatic carbocycles. The van der Waals surface area contributed by atoms with Gasteiger partial charge in [-0.25, -0.2) is 9.59 Å². The van der Waals surface area contributed by atoms with Crippen LogP contribution in [0.3, 0.4) is 0 Å². The quantitative estimate of drug-likeness (QED) is 0.597. The SMILES string of the molecule is CNC(=O)OCc1ccc(SSC(=O)OCc2ccccc2)cc1. The van der Waals surface area contributed by atoms with E-state index in [9.17, 15) is 9.59 Å². The Morgan fingerprint density at radius 3 is 2.21 bits per heavy atom. The molecule has 0 fully saturated rings. The van der Waals surface area contributed by atoms with E-state index >= 15 is 0 Å². The summed E-state index contributed by atoms with van der Waals surface area (Å²) in [5.74, 6) is 0. The third-order valence-corrected chi connectivity index (χ3v) is 4.94. The maximum Gasteiger partial charge on any atom is 0.407 e. The van der Waals surface area contributed by atoms with Gasteiger partial charge in [-0.1, -0.05) is 42.5 Å². The first kappa shape index (κ1) is 18.2. The zero-order chi connectivity index (χ0) is 17.2.